The van der Waals surface area contributed by atoms with Crippen LogP contribution in [0.3, 0.4) is 0 Å². The molecule has 8 heteroatoms. The Labute approximate surface area is 167 Å². The molecule has 152 valence electrons. The Bertz CT molecular complexity index is 1000. The van der Waals surface area contributed by atoms with E-state index in [1.54, 1.807) is 6.20 Å². The van der Waals surface area contributed by atoms with Crippen molar-refractivity contribution in [2.75, 3.05) is 13.2 Å². The van der Waals surface area contributed by atoms with Gasteiger partial charge in [-0.3, -0.25) is 19.7 Å². The van der Waals surface area contributed by atoms with Crippen LogP contribution in [0.5, 0.6) is 0 Å². The first-order chi connectivity index (χ1) is 13.9. The lowest BCUT2D eigenvalue weighted by molar-refractivity contribution is -0.161. The van der Waals surface area contributed by atoms with Gasteiger partial charge in [-0.05, 0) is 18.9 Å². The summed E-state index contributed by atoms with van der Waals surface area (Å²) >= 11 is 0. The van der Waals surface area contributed by atoms with Crippen LogP contribution in [-0.2, 0) is 26.2 Å². The topological polar surface area (TPSA) is 97.7 Å². The molecule has 8 nitrogen and oxygen atoms in total. The number of aromatic nitrogens is 1. The van der Waals surface area contributed by atoms with Gasteiger partial charge in [0.05, 0.1) is 5.56 Å². The summed E-state index contributed by atoms with van der Waals surface area (Å²) in [6.07, 6.45) is 5.28. The van der Waals surface area contributed by atoms with E-state index < -0.39 is 35.8 Å². The maximum absolute atomic E-state index is 12.9. The van der Waals surface area contributed by atoms with Gasteiger partial charge in [0.1, 0.15) is 12.1 Å². The van der Waals surface area contributed by atoms with Gasteiger partial charge in [0.25, 0.3) is 11.8 Å². The second kappa shape index (κ2) is 7.35. The number of fused-ring (bicyclic) bond motifs is 1. The van der Waals surface area contributed by atoms with Crippen LogP contribution < -0.4 is 5.32 Å². The van der Waals surface area contributed by atoms with Gasteiger partial charge in [-0.1, -0.05) is 37.5 Å². The van der Waals surface area contributed by atoms with E-state index in [2.05, 4.69) is 5.32 Å². The van der Waals surface area contributed by atoms with Gasteiger partial charge in [0.15, 0.2) is 6.61 Å². The minimum Gasteiger partial charge on any atom is -0.452 e. The summed E-state index contributed by atoms with van der Waals surface area (Å²) in [6, 6.07) is 7.42. The van der Waals surface area contributed by atoms with Crippen LogP contribution >= 0.6 is 0 Å². The Hall–Kier alpha value is -3.16. The van der Waals surface area contributed by atoms with E-state index in [9.17, 15) is 19.2 Å². The number of imide groups is 1. The van der Waals surface area contributed by atoms with Crippen LogP contribution in [0.1, 0.15) is 42.5 Å². The summed E-state index contributed by atoms with van der Waals surface area (Å²) in [5.41, 5.74) is 0.232. The van der Waals surface area contributed by atoms with E-state index in [-0.39, 0.29) is 6.54 Å². The molecule has 1 aromatic heterocycles. The van der Waals surface area contributed by atoms with E-state index in [1.807, 2.05) is 35.9 Å². The van der Waals surface area contributed by atoms with Crippen molar-refractivity contribution in [3.63, 3.8) is 0 Å². The Morgan fingerprint density at radius 2 is 1.86 bits per heavy atom. The van der Waals surface area contributed by atoms with Crippen molar-refractivity contribution in [3.8, 4) is 0 Å². The number of nitrogens with zero attached hydrogens (tertiary/aromatic N) is 2. The highest BCUT2D eigenvalue weighted by Gasteiger charge is 2.51. The number of nitrogens with one attached hydrogen (secondary N) is 1. The van der Waals surface area contributed by atoms with Crippen LogP contribution in [0, 0.1) is 0 Å². The molecule has 1 spiro atoms. The standard InChI is InChI=1S/C21H23N3O5/c1-23-11-15(14-7-3-4-8-16(14)23)19(27)29-13-18(26)24-12-17(25)22-20(28)21(24)9-5-2-6-10-21/h3-4,7-8,11H,2,5-6,9-10,12-13H2,1H3,(H,22,25,28). The first-order valence-corrected chi connectivity index (χ1v) is 9.78. The van der Waals surface area contributed by atoms with E-state index in [0.29, 0.717) is 18.4 Å². The number of para-hydroxylation sites is 1. The molecule has 2 heterocycles. The number of carbonyl (C=O) groups is 4. The number of amides is 3. The summed E-state index contributed by atoms with van der Waals surface area (Å²) in [7, 11) is 1.83. The van der Waals surface area contributed by atoms with Crippen molar-refractivity contribution in [2.24, 2.45) is 7.05 Å². The lowest BCUT2D eigenvalue weighted by atomic mass is 9.78. The van der Waals surface area contributed by atoms with Crippen molar-refractivity contribution in [1.29, 1.82) is 0 Å². The number of benzene rings is 1. The minimum absolute atomic E-state index is 0.198. The normalized spacial score (nSPS) is 18.7. The second-order valence-electron chi connectivity index (χ2n) is 7.70. The van der Waals surface area contributed by atoms with Crippen molar-refractivity contribution >= 4 is 34.6 Å². The Morgan fingerprint density at radius 3 is 2.62 bits per heavy atom. The second-order valence-corrected chi connectivity index (χ2v) is 7.70. The molecule has 0 radical (unpaired) electrons. The predicted octanol–water partition coefficient (Wildman–Crippen LogP) is 1.52. The van der Waals surface area contributed by atoms with Crippen LogP contribution in [-0.4, -0.2) is 51.8 Å². The fraction of sp³-hybridized carbons (Fsp3) is 0.429. The number of piperazine rings is 1. The third-order valence-corrected chi connectivity index (χ3v) is 5.92. The number of hydrogen-bond acceptors (Lipinski definition) is 5. The molecule has 0 bridgehead atoms. The fourth-order valence-corrected chi connectivity index (χ4v) is 4.45. The molecule has 1 saturated carbocycles. The summed E-state index contributed by atoms with van der Waals surface area (Å²) < 4.78 is 7.10. The monoisotopic (exact) mass is 397 g/mol. The van der Waals surface area contributed by atoms with Crippen molar-refractivity contribution < 1.29 is 23.9 Å². The highest BCUT2D eigenvalue weighted by molar-refractivity contribution is 6.07. The maximum Gasteiger partial charge on any atom is 0.340 e. The average molecular weight is 397 g/mol. The average Bonchev–Trinajstić information content (AvgIpc) is 3.06. The van der Waals surface area contributed by atoms with Gasteiger partial charge in [-0.2, -0.15) is 0 Å². The molecule has 1 saturated heterocycles. The largest absolute Gasteiger partial charge is 0.452 e. The quantitative estimate of drug-likeness (QED) is 0.626. The van der Waals surface area contributed by atoms with Gasteiger partial charge in [0, 0.05) is 24.1 Å². The number of rotatable bonds is 3. The van der Waals surface area contributed by atoms with Crippen LogP contribution in [0.4, 0.5) is 0 Å². The van der Waals surface area contributed by atoms with Crippen molar-refractivity contribution in [3.05, 3.63) is 36.0 Å². The molecule has 1 aliphatic heterocycles. The zero-order chi connectivity index (χ0) is 20.6. The van der Waals surface area contributed by atoms with Gasteiger partial charge < -0.3 is 14.2 Å². The molecule has 0 atom stereocenters. The van der Waals surface area contributed by atoms with Gasteiger partial charge in [-0.25, -0.2) is 4.79 Å². The Balaban J connectivity index is 1.51. The van der Waals surface area contributed by atoms with Crippen LogP contribution in [0.2, 0.25) is 0 Å². The van der Waals surface area contributed by atoms with E-state index in [4.69, 9.17) is 4.74 Å². The molecule has 2 aromatic rings. The first-order valence-electron chi connectivity index (χ1n) is 9.78. The Kier molecular flexibility index (Phi) is 4.86. The van der Waals surface area contributed by atoms with Crippen LogP contribution in [0.15, 0.2) is 30.5 Å². The van der Waals surface area contributed by atoms with Crippen LogP contribution in [0.25, 0.3) is 10.9 Å². The third-order valence-electron chi connectivity index (χ3n) is 5.92. The number of aryl methyl sites for hydroxylation is 1. The number of hydrogen-bond donors (Lipinski definition) is 1. The SMILES string of the molecule is Cn1cc(C(=O)OCC(=O)N2CC(=O)NC(=O)C23CCCCC3)c2ccccc21. The fourth-order valence-electron chi connectivity index (χ4n) is 4.45. The van der Waals surface area contributed by atoms with Gasteiger partial charge in [0.2, 0.25) is 5.91 Å². The first kappa shape index (κ1) is 19.2. The molecular formula is C21H23N3O5. The molecule has 3 amide bonds. The number of ether oxygens (including phenoxy) is 1. The zero-order valence-electron chi connectivity index (χ0n) is 16.3. The summed E-state index contributed by atoms with van der Waals surface area (Å²) in [5.74, 6) is -2.08. The molecule has 2 fully saturated rings. The molecule has 4 rings (SSSR count). The van der Waals surface area contributed by atoms with Gasteiger partial charge >= 0.3 is 5.97 Å². The Morgan fingerprint density at radius 1 is 1.14 bits per heavy atom. The highest BCUT2D eigenvalue weighted by Crippen LogP contribution is 2.35. The highest BCUT2D eigenvalue weighted by atomic mass is 16.5. The molecule has 29 heavy (non-hydrogen) atoms. The van der Waals surface area contributed by atoms with Crippen molar-refractivity contribution in [1.82, 2.24) is 14.8 Å². The number of carbonyl (C=O) groups excluding carboxylic acids is 4. The zero-order valence-corrected chi connectivity index (χ0v) is 16.3. The molecule has 1 aromatic carbocycles. The van der Waals surface area contributed by atoms with E-state index >= 15 is 0 Å². The maximum atomic E-state index is 12.9. The molecule has 2 aliphatic rings. The molecular weight excluding hydrogens is 374 g/mol. The third kappa shape index (κ3) is 3.28. The lowest BCUT2D eigenvalue weighted by Gasteiger charge is -2.47. The van der Waals surface area contributed by atoms with E-state index in [1.165, 1.54) is 4.90 Å². The molecule has 1 aliphatic carbocycles. The van der Waals surface area contributed by atoms with Gasteiger partial charge in [-0.15, -0.1) is 0 Å². The lowest BCUT2D eigenvalue weighted by Crippen LogP contribution is -2.69. The van der Waals surface area contributed by atoms with E-state index in [0.717, 1.165) is 30.2 Å². The predicted molar refractivity (Wildman–Crippen MR) is 104 cm³/mol. The summed E-state index contributed by atoms with van der Waals surface area (Å²) in [5, 5.41) is 3.10. The smallest absolute Gasteiger partial charge is 0.340 e. The summed E-state index contributed by atoms with van der Waals surface area (Å²) in [4.78, 5) is 51.2. The minimum atomic E-state index is -1.02. The molecule has 1 N–H and O–H groups in total. The number of esters is 1. The summed E-state index contributed by atoms with van der Waals surface area (Å²) in [6.45, 7) is -0.708. The molecule has 0 unspecified atom stereocenters. The van der Waals surface area contributed by atoms with Crippen molar-refractivity contribution in [2.45, 2.75) is 37.6 Å².